The van der Waals surface area contributed by atoms with Crippen molar-refractivity contribution in [1.82, 2.24) is 5.32 Å². The number of nitrogens with one attached hydrogen (secondary N) is 2. The van der Waals surface area contributed by atoms with Crippen molar-refractivity contribution in [1.29, 1.82) is 0 Å². The average molecular weight is 624 g/mol. The minimum Gasteiger partial charge on any atom is -0.504 e. The number of quaternary nitrogens is 1. The Morgan fingerprint density at radius 1 is 1.24 bits per heavy atom. The number of carbonyl (C=O) groups is 1. The molecule has 0 spiro atoms. The summed E-state index contributed by atoms with van der Waals surface area (Å²) >= 11 is 0. The number of nitrogens with zero attached hydrogens (tertiary/aromatic N) is 1. The zero-order chi connectivity index (χ0) is 32.2. The van der Waals surface area contributed by atoms with Crippen LogP contribution in [0.4, 0.5) is 0 Å². The van der Waals surface area contributed by atoms with Crippen molar-refractivity contribution in [3.63, 3.8) is 0 Å². The van der Waals surface area contributed by atoms with E-state index in [1.54, 1.807) is 18.2 Å². The lowest BCUT2D eigenvalue weighted by Crippen LogP contribution is -3.12. The summed E-state index contributed by atoms with van der Waals surface area (Å²) in [6.07, 6.45) is 11.0. The van der Waals surface area contributed by atoms with E-state index in [1.165, 1.54) is 0 Å². The molecule has 0 aliphatic carbocycles. The van der Waals surface area contributed by atoms with E-state index in [0.29, 0.717) is 44.4 Å². The number of phenols is 1. The van der Waals surface area contributed by atoms with Gasteiger partial charge in [0, 0.05) is 25.5 Å². The quantitative estimate of drug-likeness (QED) is 0.167. The van der Waals surface area contributed by atoms with Gasteiger partial charge in [-0.2, -0.15) is 0 Å². The molecule has 0 fully saturated rings. The van der Waals surface area contributed by atoms with Gasteiger partial charge in [0.2, 0.25) is 6.23 Å². The van der Waals surface area contributed by atoms with Crippen LogP contribution < -0.4 is 20.7 Å². The topological polar surface area (TPSA) is 142 Å². The molecule has 4 heterocycles. The Labute approximate surface area is 270 Å². The lowest BCUT2D eigenvalue weighted by atomic mass is 9.86. The van der Waals surface area contributed by atoms with Gasteiger partial charge in [0.25, 0.3) is 0 Å². The number of carbonyl (C=O) groups excluding carboxylic acids is 1. The molecule has 7 N–H and O–H groups in total. The van der Waals surface area contributed by atoms with Gasteiger partial charge < -0.3 is 31.1 Å². The lowest BCUT2D eigenvalue weighted by molar-refractivity contribution is -0.882. The van der Waals surface area contributed by atoms with Crippen molar-refractivity contribution < 1.29 is 29.8 Å². The summed E-state index contributed by atoms with van der Waals surface area (Å²) in [6, 6.07) is 9.01. The van der Waals surface area contributed by atoms with Gasteiger partial charge in [-0.1, -0.05) is 56.2 Å². The molecule has 9 heteroatoms. The number of benzene rings is 2. The van der Waals surface area contributed by atoms with E-state index in [-0.39, 0.29) is 24.1 Å². The molecule has 46 heavy (non-hydrogen) atoms. The van der Waals surface area contributed by atoms with E-state index < -0.39 is 18.4 Å². The largest absolute Gasteiger partial charge is 0.504 e. The summed E-state index contributed by atoms with van der Waals surface area (Å²) < 4.78 is 6.44. The fraction of sp³-hybridized carbons (Fsp3) is 0.405. The first-order valence-electron chi connectivity index (χ1n) is 16.3. The first kappa shape index (κ1) is 31.8. The van der Waals surface area contributed by atoms with Gasteiger partial charge in [-0.05, 0) is 70.6 Å². The molecule has 0 aromatic heterocycles. The van der Waals surface area contributed by atoms with Gasteiger partial charge in [-0.15, -0.1) is 0 Å². The number of allylic oxidation sites excluding steroid dienone is 1. The number of rotatable bonds is 11. The van der Waals surface area contributed by atoms with Crippen LogP contribution >= 0.6 is 0 Å². The highest BCUT2D eigenvalue weighted by molar-refractivity contribution is 6.08. The van der Waals surface area contributed by atoms with Crippen LogP contribution in [0, 0.1) is 11.8 Å². The second-order valence-corrected chi connectivity index (χ2v) is 12.6. The molecule has 6 rings (SSSR count). The van der Waals surface area contributed by atoms with Gasteiger partial charge in [0.15, 0.2) is 11.5 Å². The number of hydrogen-bond donors (Lipinski definition) is 6. The number of aliphatic imine (C=N–C) groups is 1. The van der Waals surface area contributed by atoms with E-state index in [0.717, 1.165) is 68.8 Å². The summed E-state index contributed by atoms with van der Waals surface area (Å²) in [5, 5.41) is 35.3. The monoisotopic (exact) mass is 623 g/mol. The fourth-order valence-corrected chi connectivity index (χ4v) is 6.63. The predicted octanol–water partition coefficient (Wildman–Crippen LogP) is 3.27. The number of fused-ring (bicyclic) bond motifs is 4. The number of ketones is 1. The van der Waals surface area contributed by atoms with Crippen molar-refractivity contribution in [2.24, 2.45) is 10.7 Å². The lowest BCUT2D eigenvalue weighted by Gasteiger charge is -2.25. The molecule has 5 atom stereocenters. The summed E-state index contributed by atoms with van der Waals surface area (Å²) in [6.45, 7) is 2.72. The summed E-state index contributed by atoms with van der Waals surface area (Å²) in [5.41, 5.74) is 14.0. The molecule has 2 bridgehead atoms. The third kappa shape index (κ3) is 6.96. The van der Waals surface area contributed by atoms with Crippen molar-refractivity contribution in [3.05, 3.63) is 87.9 Å². The van der Waals surface area contributed by atoms with Crippen molar-refractivity contribution in [2.75, 3.05) is 6.54 Å². The standard InChI is InChI=1S/C37H42N4O5/c1-2-3-4-6-25(42)19-26(43)11-9-23-10-14-34(45)35(17-23)46-36-8-5-7-33(44)28-12-13-29-27(15-16-39-37(29)38)30(28)18-24-20-40-32-22-41(36)21-31(24)32/h10,12-17,20-21,25,33,36-37,39,42,44-45H,2-4,6,8-9,11,18-19,22,38H2,1H3/p+1. The van der Waals surface area contributed by atoms with Gasteiger partial charge in [-0.25, -0.2) is 0 Å². The van der Waals surface area contributed by atoms with Crippen LogP contribution in [-0.4, -0.2) is 45.7 Å². The third-order valence-electron chi connectivity index (χ3n) is 9.21. The van der Waals surface area contributed by atoms with Gasteiger partial charge in [0.05, 0.1) is 11.7 Å². The number of hydrogen-bond acceptors (Lipinski definition) is 8. The molecule has 5 unspecified atom stereocenters. The third-order valence-corrected chi connectivity index (χ3v) is 9.21. The summed E-state index contributed by atoms with van der Waals surface area (Å²) in [4.78, 5) is 18.3. The number of aliphatic hydroxyl groups excluding tert-OH is 2. The van der Waals surface area contributed by atoms with E-state index in [9.17, 15) is 20.1 Å². The number of nitrogens with two attached hydrogens (primary N) is 1. The van der Waals surface area contributed by atoms with Crippen LogP contribution in [0.1, 0.15) is 92.0 Å². The highest BCUT2D eigenvalue weighted by atomic mass is 16.5. The molecular formula is C37H43N4O5+. The van der Waals surface area contributed by atoms with E-state index in [1.807, 2.05) is 30.6 Å². The van der Waals surface area contributed by atoms with Crippen LogP contribution in [0.5, 0.6) is 11.5 Å². The van der Waals surface area contributed by atoms with Crippen molar-refractivity contribution in [3.8, 4) is 23.3 Å². The maximum Gasteiger partial charge on any atom is 0.247 e. The number of aromatic hydroxyl groups is 1. The minimum atomic E-state index is -1.00. The first-order chi connectivity index (χ1) is 22.3. The molecule has 4 aliphatic heterocycles. The zero-order valence-corrected chi connectivity index (χ0v) is 26.3. The molecular weight excluding hydrogens is 580 g/mol. The number of unbranched alkanes of at least 4 members (excludes halogenated alkanes) is 2. The Morgan fingerprint density at radius 3 is 2.93 bits per heavy atom. The second kappa shape index (κ2) is 14.1. The Balaban J connectivity index is 1.21. The normalized spacial score (nSPS) is 23.3. The Morgan fingerprint density at radius 2 is 2.09 bits per heavy atom. The highest BCUT2D eigenvalue weighted by Crippen LogP contribution is 2.35. The molecule has 240 valence electrons. The number of phenolic OH excluding ortho intramolecular Hbond substituents is 1. The molecule has 2 aromatic rings. The van der Waals surface area contributed by atoms with Crippen LogP contribution in [0.25, 0.3) is 6.08 Å². The molecule has 2 aromatic carbocycles. The molecule has 4 aliphatic rings. The molecule has 0 amide bonds. The second-order valence-electron chi connectivity index (χ2n) is 12.6. The summed E-state index contributed by atoms with van der Waals surface area (Å²) in [7, 11) is 0. The van der Waals surface area contributed by atoms with E-state index in [2.05, 4.69) is 30.3 Å². The predicted molar refractivity (Wildman–Crippen MR) is 177 cm³/mol. The van der Waals surface area contributed by atoms with Crippen LogP contribution in [-0.2, 0) is 17.6 Å². The van der Waals surface area contributed by atoms with Gasteiger partial charge >= 0.3 is 0 Å². The minimum absolute atomic E-state index is 0.00403. The van der Waals surface area contributed by atoms with Crippen molar-refractivity contribution in [2.45, 2.75) is 89.3 Å². The van der Waals surface area contributed by atoms with Gasteiger partial charge in [-0.3, -0.25) is 14.7 Å². The van der Waals surface area contributed by atoms with Gasteiger partial charge in [0.1, 0.15) is 42.9 Å². The maximum absolute atomic E-state index is 12.5. The number of aliphatic hydroxyl groups is 2. The molecule has 0 saturated carbocycles. The van der Waals surface area contributed by atoms with Crippen LogP contribution in [0.2, 0.25) is 0 Å². The molecule has 0 radical (unpaired) electrons. The van der Waals surface area contributed by atoms with Crippen LogP contribution in [0.3, 0.4) is 0 Å². The molecule has 9 nitrogen and oxygen atoms in total. The smallest absolute Gasteiger partial charge is 0.247 e. The Hall–Kier alpha value is -4.20. The highest BCUT2D eigenvalue weighted by Gasteiger charge is 2.36. The van der Waals surface area contributed by atoms with Crippen LogP contribution in [0.15, 0.2) is 65.1 Å². The number of ether oxygens (including phenoxy) is 1. The number of Topliss-reactive ketones (excluding diaryl/α,β-unsaturated/α-hetero) is 1. The Bertz CT molecular complexity index is 1680. The Kier molecular flexibility index (Phi) is 9.71. The summed E-state index contributed by atoms with van der Waals surface area (Å²) in [5.74, 6) is 6.53. The van der Waals surface area contributed by atoms with Crippen molar-refractivity contribution >= 4 is 17.6 Å². The average Bonchev–Trinajstić information content (AvgIpc) is 3.62. The van der Waals surface area contributed by atoms with E-state index >= 15 is 0 Å². The van der Waals surface area contributed by atoms with E-state index in [4.69, 9.17) is 15.5 Å². The number of aryl methyl sites for hydroxylation is 1. The maximum atomic E-state index is 12.5. The first-order valence-corrected chi connectivity index (χ1v) is 16.3. The zero-order valence-electron chi connectivity index (χ0n) is 26.3. The SMILES string of the molecule is CCCCCC(O)CC(=O)CCc1ccc(O)c(OC2CC#CC(O)c3ccc4c(c3CC3=CN=C5C[NH+]2C=C35)C=CNC4N)c1. The fourth-order valence-electron chi connectivity index (χ4n) is 6.63. The molecule has 0 saturated heterocycles.